The van der Waals surface area contributed by atoms with E-state index in [0.717, 1.165) is 0 Å². The van der Waals surface area contributed by atoms with E-state index in [4.69, 9.17) is 14.2 Å². The predicted molar refractivity (Wildman–Crippen MR) is 52.1 cm³/mol. The minimum absolute atomic E-state index is 0.406. The molecule has 0 saturated carbocycles. The molecule has 0 fully saturated rings. The van der Waals surface area contributed by atoms with Crippen molar-refractivity contribution in [2.24, 2.45) is 0 Å². The van der Waals surface area contributed by atoms with E-state index in [2.05, 4.69) is 6.58 Å². The molecule has 0 bridgehead atoms. The fraction of sp³-hybridized carbons (Fsp3) is 0.700. The Morgan fingerprint density at radius 1 is 1.46 bits per heavy atom. The SMILES string of the molecule is C=COC(C)(COCC)OC[CH]C. The smallest absolute Gasteiger partial charge is 0.230 e. The lowest BCUT2D eigenvalue weighted by Crippen LogP contribution is -2.36. The molecule has 0 aromatic rings. The van der Waals surface area contributed by atoms with Crippen molar-refractivity contribution in [3.8, 4) is 0 Å². The van der Waals surface area contributed by atoms with E-state index in [1.165, 1.54) is 6.26 Å². The van der Waals surface area contributed by atoms with Crippen molar-refractivity contribution in [3.63, 3.8) is 0 Å². The van der Waals surface area contributed by atoms with Gasteiger partial charge in [-0.1, -0.05) is 13.5 Å². The van der Waals surface area contributed by atoms with Crippen LogP contribution in [0.25, 0.3) is 0 Å². The Labute approximate surface area is 80.7 Å². The summed E-state index contributed by atoms with van der Waals surface area (Å²) in [5, 5.41) is 0. The summed E-state index contributed by atoms with van der Waals surface area (Å²) in [6.07, 6.45) is 3.28. The second kappa shape index (κ2) is 6.92. The highest BCUT2D eigenvalue weighted by atomic mass is 16.7. The van der Waals surface area contributed by atoms with Gasteiger partial charge in [-0.3, -0.25) is 0 Å². The molecule has 0 aliphatic carbocycles. The summed E-state index contributed by atoms with van der Waals surface area (Å²) < 4.78 is 15.9. The normalized spacial score (nSPS) is 15.0. The molecule has 0 aromatic carbocycles. The van der Waals surface area contributed by atoms with Crippen molar-refractivity contribution in [2.75, 3.05) is 19.8 Å². The van der Waals surface area contributed by atoms with E-state index >= 15 is 0 Å². The second-order valence-electron chi connectivity index (χ2n) is 2.77. The van der Waals surface area contributed by atoms with Gasteiger partial charge in [-0.2, -0.15) is 0 Å². The van der Waals surface area contributed by atoms with E-state index in [0.29, 0.717) is 19.8 Å². The van der Waals surface area contributed by atoms with Crippen molar-refractivity contribution in [3.05, 3.63) is 19.3 Å². The van der Waals surface area contributed by atoms with Crippen molar-refractivity contribution >= 4 is 0 Å². The van der Waals surface area contributed by atoms with Gasteiger partial charge in [-0.05, 0) is 13.3 Å². The Bertz CT molecular complexity index is 126. The molecule has 0 heterocycles. The van der Waals surface area contributed by atoms with Crippen molar-refractivity contribution in [1.82, 2.24) is 0 Å². The first-order chi connectivity index (χ1) is 6.18. The summed E-state index contributed by atoms with van der Waals surface area (Å²) in [5.74, 6) is -0.718. The molecule has 0 aliphatic rings. The van der Waals surface area contributed by atoms with Gasteiger partial charge >= 0.3 is 0 Å². The molecule has 1 atom stereocenters. The molecular weight excluding hydrogens is 168 g/mol. The first kappa shape index (κ1) is 12.5. The highest BCUT2D eigenvalue weighted by molar-refractivity contribution is 4.68. The van der Waals surface area contributed by atoms with Gasteiger partial charge in [0, 0.05) is 13.5 Å². The monoisotopic (exact) mass is 187 g/mol. The first-order valence-electron chi connectivity index (χ1n) is 4.46. The molecule has 0 spiro atoms. The molecule has 1 unspecified atom stereocenters. The van der Waals surface area contributed by atoms with Crippen LogP contribution in [-0.4, -0.2) is 25.6 Å². The zero-order chi connectivity index (χ0) is 10.2. The van der Waals surface area contributed by atoms with E-state index in [1.807, 2.05) is 27.2 Å². The van der Waals surface area contributed by atoms with E-state index in [1.54, 1.807) is 0 Å². The van der Waals surface area contributed by atoms with Crippen LogP contribution in [0.2, 0.25) is 0 Å². The fourth-order valence-electron chi connectivity index (χ4n) is 0.833. The van der Waals surface area contributed by atoms with Gasteiger partial charge in [0.2, 0.25) is 5.79 Å². The van der Waals surface area contributed by atoms with Crippen LogP contribution in [-0.2, 0) is 14.2 Å². The molecule has 1 radical (unpaired) electrons. The summed E-state index contributed by atoms with van der Waals surface area (Å²) in [5.41, 5.74) is 0. The van der Waals surface area contributed by atoms with Gasteiger partial charge in [0.1, 0.15) is 6.61 Å². The summed E-state index contributed by atoms with van der Waals surface area (Å²) in [7, 11) is 0. The molecule has 0 N–H and O–H groups in total. The van der Waals surface area contributed by atoms with Crippen LogP contribution in [0.5, 0.6) is 0 Å². The molecular formula is C10H19O3. The van der Waals surface area contributed by atoms with Crippen LogP contribution in [0.3, 0.4) is 0 Å². The maximum Gasteiger partial charge on any atom is 0.230 e. The van der Waals surface area contributed by atoms with E-state index in [-0.39, 0.29) is 0 Å². The third-order valence-corrected chi connectivity index (χ3v) is 1.46. The summed E-state index contributed by atoms with van der Waals surface area (Å²) in [6, 6.07) is 0. The van der Waals surface area contributed by atoms with Gasteiger partial charge in [0.15, 0.2) is 0 Å². The number of ether oxygens (including phenoxy) is 3. The minimum Gasteiger partial charge on any atom is -0.468 e. The van der Waals surface area contributed by atoms with Crippen LogP contribution in [0, 0.1) is 6.42 Å². The van der Waals surface area contributed by atoms with Crippen LogP contribution in [0.15, 0.2) is 12.8 Å². The molecule has 0 aliphatic heterocycles. The predicted octanol–water partition coefficient (Wildman–Crippen LogP) is 2.14. The summed E-state index contributed by atoms with van der Waals surface area (Å²) in [6.45, 7) is 10.8. The van der Waals surface area contributed by atoms with Gasteiger partial charge in [0.25, 0.3) is 0 Å². The summed E-state index contributed by atoms with van der Waals surface area (Å²) >= 11 is 0. The lowest BCUT2D eigenvalue weighted by Gasteiger charge is -2.28. The number of hydrogen-bond acceptors (Lipinski definition) is 3. The quantitative estimate of drug-likeness (QED) is 0.430. The lowest BCUT2D eigenvalue weighted by atomic mass is 10.3. The van der Waals surface area contributed by atoms with Crippen molar-refractivity contribution in [2.45, 2.75) is 26.6 Å². The average Bonchev–Trinajstić information content (AvgIpc) is 2.12. The van der Waals surface area contributed by atoms with E-state index in [9.17, 15) is 0 Å². The molecule has 0 aromatic heterocycles. The largest absolute Gasteiger partial charge is 0.468 e. The lowest BCUT2D eigenvalue weighted by molar-refractivity contribution is -0.218. The maximum absolute atomic E-state index is 5.45. The average molecular weight is 187 g/mol. The van der Waals surface area contributed by atoms with Crippen LogP contribution < -0.4 is 0 Å². The molecule has 3 nitrogen and oxygen atoms in total. The third-order valence-electron chi connectivity index (χ3n) is 1.46. The van der Waals surface area contributed by atoms with Gasteiger partial charge in [0.05, 0.1) is 12.9 Å². The first-order valence-corrected chi connectivity index (χ1v) is 4.46. The van der Waals surface area contributed by atoms with Gasteiger partial charge < -0.3 is 14.2 Å². The fourth-order valence-corrected chi connectivity index (χ4v) is 0.833. The molecule has 77 valence electrons. The zero-order valence-electron chi connectivity index (χ0n) is 8.71. The Hall–Kier alpha value is -0.540. The molecule has 13 heavy (non-hydrogen) atoms. The minimum atomic E-state index is -0.718. The Morgan fingerprint density at radius 2 is 2.15 bits per heavy atom. The topological polar surface area (TPSA) is 27.7 Å². The molecule has 3 heteroatoms. The highest BCUT2D eigenvalue weighted by Crippen LogP contribution is 2.13. The Kier molecular flexibility index (Phi) is 6.63. The highest BCUT2D eigenvalue weighted by Gasteiger charge is 2.25. The Morgan fingerprint density at radius 3 is 2.62 bits per heavy atom. The van der Waals surface area contributed by atoms with Crippen LogP contribution in [0.1, 0.15) is 20.8 Å². The van der Waals surface area contributed by atoms with Gasteiger partial charge in [-0.25, -0.2) is 0 Å². The summed E-state index contributed by atoms with van der Waals surface area (Å²) in [4.78, 5) is 0. The van der Waals surface area contributed by atoms with Crippen molar-refractivity contribution < 1.29 is 14.2 Å². The molecule has 0 rings (SSSR count). The van der Waals surface area contributed by atoms with Crippen LogP contribution in [0.4, 0.5) is 0 Å². The standard InChI is InChI=1S/C10H19O3/c1-5-8-13-10(4,12-7-3)9-11-6-2/h5,7H,3,6,8-9H2,1-2,4H3. The maximum atomic E-state index is 5.45. The third kappa shape index (κ3) is 5.66. The van der Waals surface area contributed by atoms with Crippen LogP contribution >= 0.6 is 0 Å². The zero-order valence-corrected chi connectivity index (χ0v) is 8.71. The molecule has 0 amide bonds. The Balaban J connectivity index is 3.90. The van der Waals surface area contributed by atoms with E-state index < -0.39 is 5.79 Å². The van der Waals surface area contributed by atoms with Crippen molar-refractivity contribution in [1.29, 1.82) is 0 Å². The second-order valence-corrected chi connectivity index (χ2v) is 2.77. The molecule has 0 saturated heterocycles. The number of hydrogen-bond donors (Lipinski definition) is 0. The number of rotatable bonds is 8. The van der Waals surface area contributed by atoms with Gasteiger partial charge in [-0.15, -0.1) is 0 Å².